The molecule has 1 heterocycles. The molecule has 1 aromatic heterocycles. The van der Waals surface area contributed by atoms with Crippen LogP contribution in [0.3, 0.4) is 0 Å². The molecule has 0 amide bonds. The topological polar surface area (TPSA) is 4.93 Å². The Kier molecular flexibility index (Phi) is 1.44. The average molecular weight is 125 g/mol. The zero-order valence-corrected chi connectivity index (χ0v) is 5.48. The van der Waals surface area contributed by atoms with Gasteiger partial charge in [-0.3, -0.25) is 0 Å². The van der Waals surface area contributed by atoms with Crippen LogP contribution in [0.2, 0.25) is 0 Å². The summed E-state index contributed by atoms with van der Waals surface area (Å²) in [6, 6.07) is 5.79. The fourth-order valence-corrected chi connectivity index (χ4v) is 0.647. The molecule has 0 atom stereocenters. The summed E-state index contributed by atoms with van der Waals surface area (Å²) >= 11 is 4.92. The number of nitrogens with zero attached hydrogens (tertiary/aromatic N) is 1. The van der Waals surface area contributed by atoms with Gasteiger partial charge in [-0.05, 0) is 12.1 Å². The molecule has 1 aromatic rings. The first-order valence-corrected chi connectivity index (χ1v) is 2.83. The summed E-state index contributed by atoms with van der Waals surface area (Å²) in [6.45, 7) is 0. The summed E-state index contributed by atoms with van der Waals surface area (Å²) in [5.41, 5.74) is 0. The van der Waals surface area contributed by atoms with Gasteiger partial charge >= 0.3 is 0 Å². The maximum absolute atomic E-state index is 4.92. The minimum atomic E-state index is 0.868. The highest BCUT2D eigenvalue weighted by molar-refractivity contribution is 7.71. The second-order valence-electron chi connectivity index (χ2n) is 1.65. The second-order valence-corrected chi connectivity index (χ2v) is 2.07. The number of rotatable bonds is 0. The van der Waals surface area contributed by atoms with E-state index in [0.29, 0.717) is 0 Å². The lowest BCUT2D eigenvalue weighted by Crippen LogP contribution is -1.87. The molecule has 0 spiro atoms. The second kappa shape index (κ2) is 2.09. The van der Waals surface area contributed by atoms with Crippen molar-refractivity contribution in [3.05, 3.63) is 29.0 Å². The van der Waals surface area contributed by atoms with Crippen molar-refractivity contribution < 1.29 is 0 Å². The fourth-order valence-electron chi connectivity index (χ4n) is 0.508. The molecule has 0 saturated heterocycles. The van der Waals surface area contributed by atoms with Crippen molar-refractivity contribution in [3.63, 3.8) is 0 Å². The Morgan fingerprint density at radius 3 is 2.62 bits per heavy atom. The van der Waals surface area contributed by atoms with Crippen molar-refractivity contribution in [1.29, 1.82) is 0 Å². The maximum atomic E-state index is 4.92. The molecular formula is C6H7NS. The van der Waals surface area contributed by atoms with Crippen LogP contribution >= 0.6 is 12.2 Å². The molecule has 2 heteroatoms. The van der Waals surface area contributed by atoms with Gasteiger partial charge in [-0.15, -0.1) is 0 Å². The van der Waals surface area contributed by atoms with Crippen molar-refractivity contribution in [1.82, 2.24) is 4.57 Å². The largest absolute Gasteiger partial charge is 0.342 e. The Morgan fingerprint density at radius 1 is 1.50 bits per heavy atom. The van der Waals surface area contributed by atoms with Crippen LogP contribution in [0, 0.1) is 4.64 Å². The molecule has 0 radical (unpaired) electrons. The highest BCUT2D eigenvalue weighted by Crippen LogP contribution is 1.87. The molecule has 1 nitrogen and oxygen atoms in total. The van der Waals surface area contributed by atoms with Crippen LogP contribution in [-0.4, -0.2) is 4.57 Å². The third kappa shape index (κ3) is 0.954. The summed E-state index contributed by atoms with van der Waals surface area (Å²) in [4.78, 5) is 0. The van der Waals surface area contributed by atoms with E-state index in [1.165, 1.54) is 0 Å². The third-order valence-electron chi connectivity index (χ3n) is 1.01. The molecule has 8 heavy (non-hydrogen) atoms. The van der Waals surface area contributed by atoms with E-state index in [0.717, 1.165) is 4.64 Å². The van der Waals surface area contributed by atoms with E-state index in [2.05, 4.69) is 0 Å². The van der Waals surface area contributed by atoms with Gasteiger partial charge in [-0.25, -0.2) is 0 Å². The summed E-state index contributed by atoms with van der Waals surface area (Å²) < 4.78 is 2.77. The van der Waals surface area contributed by atoms with Crippen LogP contribution < -0.4 is 0 Å². The van der Waals surface area contributed by atoms with Crippen LogP contribution in [0.15, 0.2) is 24.4 Å². The van der Waals surface area contributed by atoms with Gasteiger partial charge in [-0.1, -0.05) is 18.3 Å². The van der Waals surface area contributed by atoms with Gasteiger partial charge in [0.15, 0.2) is 0 Å². The first-order valence-electron chi connectivity index (χ1n) is 2.42. The lowest BCUT2D eigenvalue weighted by molar-refractivity contribution is 0.888. The smallest absolute Gasteiger partial charge is 0.105 e. The molecule has 0 saturated carbocycles. The van der Waals surface area contributed by atoms with Crippen LogP contribution in [0.5, 0.6) is 0 Å². The average Bonchev–Trinajstić information content (AvgIpc) is 1.77. The van der Waals surface area contributed by atoms with Gasteiger partial charge in [0, 0.05) is 13.2 Å². The molecule has 0 aliphatic carbocycles. The predicted molar refractivity (Wildman–Crippen MR) is 36.2 cm³/mol. The Bertz CT molecular complexity index is 226. The Balaban J connectivity index is 3.35. The van der Waals surface area contributed by atoms with Crippen molar-refractivity contribution in [2.75, 3.05) is 0 Å². The molecule has 0 aliphatic heterocycles. The lowest BCUT2D eigenvalue weighted by atomic mass is 10.5. The molecule has 0 aliphatic rings. The van der Waals surface area contributed by atoms with E-state index >= 15 is 0 Å². The first kappa shape index (κ1) is 5.51. The zero-order valence-electron chi connectivity index (χ0n) is 4.66. The quantitative estimate of drug-likeness (QED) is 0.478. The number of pyridine rings is 1. The molecular weight excluding hydrogens is 118 g/mol. The van der Waals surface area contributed by atoms with E-state index in [1.807, 2.05) is 36.0 Å². The Labute approximate surface area is 53.6 Å². The SMILES string of the molecule is Cn1ccccc1=S. The highest BCUT2D eigenvalue weighted by Gasteiger charge is 1.75. The molecule has 1 rings (SSSR count). The van der Waals surface area contributed by atoms with Crippen LogP contribution in [0.4, 0.5) is 0 Å². The van der Waals surface area contributed by atoms with Gasteiger partial charge in [0.05, 0.1) is 0 Å². The Morgan fingerprint density at radius 2 is 2.25 bits per heavy atom. The van der Waals surface area contributed by atoms with Crippen molar-refractivity contribution in [2.45, 2.75) is 0 Å². The molecule has 0 N–H and O–H groups in total. The monoisotopic (exact) mass is 125 g/mol. The van der Waals surface area contributed by atoms with Crippen molar-refractivity contribution >= 4 is 12.2 Å². The number of hydrogen-bond acceptors (Lipinski definition) is 1. The lowest BCUT2D eigenvalue weighted by Gasteiger charge is -1.92. The van der Waals surface area contributed by atoms with Gasteiger partial charge in [0.2, 0.25) is 0 Å². The maximum Gasteiger partial charge on any atom is 0.105 e. The van der Waals surface area contributed by atoms with E-state index in [-0.39, 0.29) is 0 Å². The van der Waals surface area contributed by atoms with Crippen LogP contribution in [0.1, 0.15) is 0 Å². The standard InChI is InChI=1S/C6H7NS/c1-7-5-3-2-4-6(7)8/h2-5H,1H3. The van der Waals surface area contributed by atoms with E-state index in [4.69, 9.17) is 12.2 Å². The molecule has 0 aromatic carbocycles. The van der Waals surface area contributed by atoms with E-state index in [9.17, 15) is 0 Å². The predicted octanol–water partition coefficient (Wildman–Crippen LogP) is 1.75. The normalized spacial score (nSPS) is 9.12. The third-order valence-corrected chi connectivity index (χ3v) is 1.43. The van der Waals surface area contributed by atoms with Gasteiger partial charge in [0.25, 0.3) is 0 Å². The fraction of sp³-hybridized carbons (Fsp3) is 0.167. The molecule has 0 bridgehead atoms. The van der Waals surface area contributed by atoms with E-state index in [1.54, 1.807) is 0 Å². The number of aryl methyl sites for hydroxylation is 1. The molecule has 0 fully saturated rings. The van der Waals surface area contributed by atoms with Gasteiger partial charge in [0.1, 0.15) is 4.64 Å². The molecule has 42 valence electrons. The van der Waals surface area contributed by atoms with Crippen LogP contribution in [-0.2, 0) is 7.05 Å². The van der Waals surface area contributed by atoms with Crippen LogP contribution in [0.25, 0.3) is 0 Å². The first-order chi connectivity index (χ1) is 3.80. The zero-order chi connectivity index (χ0) is 5.98. The summed E-state index contributed by atoms with van der Waals surface area (Å²) in [5, 5.41) is 0. The summed E-state index contributed by atoms with van der Waals surface area (Å²) in [6.07, 6.45) is 1.93. The van der Waals surface area contributed by atoms with Crippen molar-refractivity contribution in [2.24, 2.45) is 7.05 Å². The van der Waals surface area contributed by atoms with E-state index < -0.39 is 0 Å². The highest BCUT2D eigenvalue weighted by atomic mass is 32.1. The van der Waals surface area contributed by atoms with Gasteiger partial charge < -0.3 is 4.57 Å². The number of hydrogen-bond donors (Lipinski definition) is 0. The summed E-state index contributed by atoms with van der Waals surface area (Å²) in [7, 11) is 1.93. The minimum Gasteiger partial charge on any atom is -0.342 e. The van der Waals surface area contributed by atoms with Gasteiger partial charge in [-0.2, -0.15) is 0 Å². The number of aromatic nitrogens is 1. The summed E-state index contributed by atoms with van der Waals surface area (Å²) in [5.74, 6) is 0. The molecule has 0 unspecified atom stereocenters. The minimum absolute atomic E-state index is 0.868. The van der Waals surface area contributed by atoms with Crippen molar-refractivity contribution in [3.8, 4) is 0 Å². The Hall–Kier alpha value is -0.630.